The van der Waals surface area contributed by atoms with Gasteiger partial charge >= 0.3 is 0 Å². The molecule has 1 fully saturated rings. The number of alkyl halides is 2. The highest BCUT2D eigenvalue weighted by atomic mass is 19.3. The van der Waals surface area contributed by atoms with E-state index in [1.807, 2.05) is 0 Å². The molecular formula is C7H12F2O. The third-order valence-corrected chi connectivity index (χ3v) is 2.34. The summed E-state index contributed by atoms with van der Waals surface area (Å²) in [6.45, 7) is 1.59. The lowest BCUT2D eigenvalue weighted by molar-refractivity contribution is 0.0434. The van der Waals surface area contributed by atoms with Crippen LogP contribution in [0.1, 0.15) is 26.2 Å². The fraction of sp³-hybridized carbons (Fsp3) is 1.00. The van der Waals surface area contributed by atoms with Gasteiger partial charge in [-0.1, -0.05) is 0 Å². The van der Waals surface area contributed by atoms with Crippen molar-refractivity contribution in [3.8, 4) is 0 Å². The first kappa shape index (κ1) is 7.92. The second-order valence-corrected chi connectivity index (χ2v) is 3.13. The van der Waals surface area contributed by atoms with E-state index in [4.69, 9.17) is 5.11 Å². The molecule has 0 heterocycles. The van der Waals surface area contributed by atoms with E-state index < -0.39 is 17.9 Å². The minimum absolute atomic E-state index is 0.134. The molecule has 10 heavy (non-hydrogen) atoms. The van der Waals surface area contributed by atoms with Gasteiger partial charge in [0.15, 0.2) is 0 Å². The summed E-state index contributed by atoms with van der Waals surface area (Å²) < 4.78 is 23.6. The number of hydrogen-bond acceptors (Lipinski definition) is 1. The number of aliphatic hydroxyl groups is 1. The van der Waals surface area contributed by atoms with Gasteiger partial charge in [0.25, 0.3) is 0 Å². The Morgan fingerprint density at radius 2 is 2.00 bits per heavy atom. The molecule has 0 aromatic heterocycles. The van der Waals surface area contributed by atoms with Crippen molar-refractivity contribution in [2.24, 2.45) is 5.41 Å². The maximum Gasteiger partial charge on any atom is 0.239 e. The number of halogens is 2. The van der Waals surface area contributed by atoms with Crippen LogP contribution in [0.3, 0.4) is 0 Å². The van der Waals surface area contributed by atoms with Crippen LogP contribution in [0.25, 0.3) is 0 Å². The van der Waals surface area contributed by atoms with Gasteiger partial charge in [0, 0.05) is 11.8 Å². The van der Waals surface area contributed by atoms with Gasteiger partial charge in [-0.25, -0.2) is 8.78 Å². The van der Waals surface area contributed by atoms with E-state index in [0.717, 1.165) is 12.8 Å². The van der Waals surface area contributed by atoms with Gasteiger partial charge in [0.05, 0.1) is 6.10 Å². The first-order chi connectivity index (χ1) is 4.57. The summed E-state index contributed by atoms with van der Waals surface area (Å²) in [7, 11) is 0. The molecule has 1 unspecified atom stereocenters. The summed E-state index contributed by atoms with van der Waals surface area (Å²) in [5.41, 5.74) is -0.422. The summed E-state index contributed by atoms with van der Waals surface area (Å²) in [6.07, 6.45) is -1.45. The van der Waals surface area contributed by atoms with Crippen molar-refractivity contribution < 1.29 is 13.9 Å². The van der Waals surface area contributed by atoms with Crippen LogP contribution in [0.2, 0.25) is 0 Å². The van der Waals surface area contributed by atoms with E-state index in [2.05, 4.69) is 0 Å². The lowest BCUT2D eigenvalue weighted by Crippen LogP contribution is -2.20. The van der Waals surface area contributed by atoms with Crippen molar-refractivity contribution in [1.82, 2.24) is 0 Å². The summed E-state index contributed by atoms with van der Waals surface area (Å²) in [5.74, 6) is 0. The van der Waals surface area contributed by atoms with E-state index >= 15 is 0 Å². The topological polar surface area (TPSA) is 20.2 Å². The van der Waals surface area contributed by atoms with Crippen LogP contribution in [0.15, 0.2) is 0 Å². The SMILES string of the molecule is CC(O)C1(CC(F)F)CC1. The Hall–Kier alpha value is -0.180. The predicted molar refractivity (Wildman–Crippen MR) is 34.0 cm³/mol. The van der Waals surface area contributed by atoms with Crippen molar-refractivity contribution in [3.63, 3.8) is 0 Å². The highest BCUT2D eigenvalue weighted by molar-refractivity contribution is 4.97. The molecule has 0 bridgehead atoms. The smallest absolute Gasteiger partial charge is 0.239 e. The first-order valence-electron chi connectivity index (χ1n) is 3.53. The second kappa shape index (κ2) is 2.46. The van der Waals surface area contributed by atoms with Gasteiger partial charge in [0.2, 0.25) is 6.43 Å². The molecule has 0 saturated heterocycles. The number of rotatable bonds is 3. The molecule has 0 spiro atoms. The fourth-order valence-electron chi connectivity index (χ4n) is 1.26. The molecule has 0 aromatic carbocycles. The third kappa shape index (κ3) is 1.45. The van der Waals surface area contributed by atoms with Crippen LogP contribution in [0.4, 0.5) is 8.78 Å². The summed E-state index contributed by atoms with van der Waals surface area (Å²) in [4.78, 5) is 0. The van der Waals surface area contributed by atoms with Crippen LogP contribution >= 0.6 is 0 Å². The zero-order chi connectivity index (χ0) is 7.78. The van der Waals surface area contributed by atoms with Crippen LogP contribution in [-0.4, -0.2) is 17.6 Å². The summed E-state index contributed by atoms with van der Waals surface area (Å²) in [5, 5.41) is 9.06. The zero-order valence-corrected chi connectivity index (χ0v) is 5.98. The molecule has 3 heteroatoms. The average molecular weight is 150 g/mol. The predicted octanol–water partition coefficient (Wildman–Crippen LogP) is 1.80. The van der Waals surface area contributed by atoms with E-state index in [-0.39, 0.29) is 6.42 Å². The van der Waals surface area contributed by atoms with Crippen LogP contribution in [0.5, 0.6) is 0 Å². The molecule has 0 radical (unpaired) electrons. The molecule has 0 aliphatic heterocycles. The Morgan fingerprint density at radius 1 is 1.50 bits per heavy atom. The standard InChI is InChI=1S/C7H12F2O/c1-5(10)7(2-3-7)4-6(8)9/h5-6,10H,2-4H2,1H3. The van der Waals surface area contributed by atoms with Crippen molar-refractivity contribution in [3.05, 3.63) is 0 Å². The fourth-order valence-corrected chi connectivity index (χ4v) is 1.26. The molecule has 1 aliphatic carbocycles. The second-order valence-electron chi connectivity index (χ2n) is 3.13. The van der Waals surface area contributed by atoms with Crippen molar-refractivity contribution in [2.75, 3.05) is 0 Å². The van der Waals surface area contributed by atoms with Gasteiger partial charge in [-0.15, -0.1) is 0 Å². The number of hydrogen-bond donors (Lipinski definition) is 1. The molecule has 1 saturated carbocycles. The highest BCUT2D eigenvalue weighted by Gasteiger charge is 2.48. The quantitative estimate of drug-likeness (QED) is 0.650. The zero-order valence-electron chi connectivity index (χ0n) is 5.98. The third-order valence-electron chi connectivity index (χ3n) is 2.34. The molecule has 1 nitrogen and oxygen atoms in total. The molecule has 1 N–H and O–H groups in total. The molecule has 0 amide bonds. The maximum absolute atomic E-state index is 11.8. The highest BCUT2D eigenvalue weighted by Crippen LogP contribution is 2.52. The largest absolute Gasteiger partial charge is 0.393 e. The van der Waals surface area contributed by atoms with Crippen molar-refractivity contribution in [1.29, 1.82) is 0 Å². The van der Waals surface area contributed by atoms with Crippen LogP contribution in [0, 0.1) is 5.41 Å². The van der Waals surface area contributed by atoms with Gasteiger partial charge in [0.1, 0.15) is 0 Å². The summed E-state index contributed by atoms with van der Waals surface area (Å²) in [6, 6.07) is 0. The van der Waals surface area contributed by atoms with Crippen molar-refractivity contribution in [2.45, 2.75) is 38.7 Å². The molecule has 1 rings (SSSR count). The van der Waals surface area contributed by atoms with Gasteiger partial charge in [-0.2, -0.15) is 0 Å². The van der Waals surface area contributed by atoms with E-state index in [9.17, 15) is 8.78 Å². The monoisotopic (exact) mass is 150 g/mol. The molecular weight excluding hydrogens is 138 g/mol. The molecule has 0 aromatic rings. The lowest BCUT2D eigenvalue weighted by Gasteiger charge is -2.16. The van der Waals surface area contributed by atoms with Crippen molar-refractivity contribution >= 4 is 0 Å². The molecule has 60 valence electrons. The Labute approximate surface area is 59.0 Å². The van der Waals surface area contributed by atoms with Gasteiger partial charge in [-0.05, 0) is 19.8 Å². The Balaban J connectivity index is 2.38. The van der Waals surface area contributed by atoms with E-state index in [0.29, 0.717) is 0 Å². The van der Waals surface area contributed by atoms with Gasteiger partial charge < -0.3 is 5.11 Å². The minimum atomic E-state index is -2.27. The average Bonchev–Trinajstić information content (AvgIpc) is 2.46. The normalized spacial score (nSPS) is 24.9. The Kier molecular flexibility index (Phi) is 1.95. The Bertz CT molecular complexity index is 119. The van der Waals surface area contributed by atoms with Crippen LogP contribution in [-0.2, 0) is 0 Å². The first-order valence-corrected chi connectivity index (χ1v) is 3.53. The summed E-state index contributed by atoms with van der Waals surface area (Å²) >= 11 is 0. The molecule has 1 atom stereocenters. The maximum atomic E-state index is 11.8. The van der Waals surface area contributed by atoms with E-state index in [1.165, 1.54) is 0 Å². The minimum Gasteiger partial charge on any atom is -0.393 e. The lowest BCUT2D eigenvalue weighted by atomic mass is 9.97. The van der Waals surface area contributed by atoms with Gasteiger partial charge in [-0.3, -0.25) is 0 Å². The van der Waals surface area contributed by atoms with E-state index in [1.54, 1.807) is 6.92 Å². The Morgan fingerprint density at radius 3 is 2.10 bits per heavy atom. The number of aliphatic hydroxyl groups excluding tert-OH is 1. The molecule has 1 aliphatic rings. The van der Waals surface area contributed by atoms with Crippen LogP contribution < -0.4 is 0 Å².